The molecule has 1 aliphatic carbocycles. The van der Waals surface area contributed by atoms with E-state index in [0.717, 1.165) is 24.0 Å². The summed E-state index contributed by atoms with van der Waals surface area (Å²) in [5.74, 6) is 0.759. The fraction of sp³-hybridized carbons (Fsp3) is 0.647. The van der Waals surface area contributed by atoms with E-state index < -0.39 is 0 Å². The molecule has 0 aliphatic heterocycles. The Bertz CT molecular complexity index is 408. The van der Waals surface area contributed by atoms with E-state index in [1.54, 1.807) is 0 Å². The van der Waals surface area contributed by atoms with Gasteiger partial charge in [0.1, 0.15) is 0 Å². The highest BCUT2D eigenvalue weighted by Gasteiger charge is 2.23. The highest BCUT2D eigenvalue weighted by molar-refractivity contribution is 6.31. The Kier molecular flexibility index (Phi) is 6.34. The Hall–Kier alpha value is -0.570. The molecule has 1 saturated carbocycles. The molecule has 1 aromatic carbocycles. The average Bonchev–Trinajstić information content (AvgIpc) is 2.66. The zero-order chi connectivity index (χ0) is 14.4. The minimum absolute atomic E-state index is 0.672. The predicted octanol–water partition coefficient (Wildman–Crippen LogP) is 3.94. The lowest BCUT2D eigenvalue weighted by Crippen LogP contribution is -2.39. The second-order valence-electron chi connectivity index (χ2n) is 6.08. The minimum atomic E-state index is 0.672. The van der Waals surface area contributed by atoms with E-state index in [0.29, 0.717) is 6.04 Å². The van der Waals surface area contributed by atoms with E-state index in [9.17, 15) is 0 Å². The van der Waals surface area contributed by atoms with Gasteiger partial charge in [-0.15, -0.1) is 0 Å². The number of rotatable bonds is 5. The van der Waals surface area contributed by atoms with Crippen LogP contribution in [0.4, 0.5) is 0 Å². The van der Waals surface area contributed by atoms with Crippen molar-refractivity contribution in [3.63, 3.8) is 0 Å². The minimum Gasteiger partial charge on any atom is -0.317 e. The van der Waals surface area contributed by atoms with Gasteiger partial charge < -0.3 is 10.2 Å². The summed E-state index contributed by atoms with van der Waals surface area (Å²) < 4.78 is 0. The molecule has 3 heteroatoms. The molecule has 112 valence electrons. The maximum absolute atomic E-state index is 6.25. The third-order valence-corrected chi connectivity index (χ3v) is 4.84. The first kappa shape index (κ1) is 15.8. The van der Waals surface area contributed by atoms with Gasteiger partial charge >= 0.3 is 0 Å². The number of hydrogen-bond donors (Lipinski definition) is 1. The molecular weight excluding hydrogens is 268 g/mol. The number of halogens is 1. The molecule has 2 atom stereocenters. The van der Waals surface area contributed by atoms with E-state index in [4.69, 9.17) is 11.6 Å². The normalized spacial score (nSPS) is 23.8. The van der Waals surface area contributed by atoms with Crippen molar-refractivity contribution in [2.75, 3.05) is 20.6 Å². The van der Waals surface area contributed by atoms with E-state index in [2.05, 4.69) is 36.4 Å². The van der Waals surface area contributed by atoms with E-state index >= 15 is 0 Å². The van der Waals surface area contributed by atoms with Crippen molar-refractivity contribution in [3.8, 4) is 0 Å². The first-order valence-electron chi connectivity index (χ1n) is 7.80. The Morgan fingerprint density at radius 1 is 1.20 bits per heavy atom. The second kappa shape index (κ2) is 8.02. The van der Waals surface area contributed by atoms with E-state index in [1.165, 1.54) is 37.7 Å². The molecule has 1 aromatic rings. The SMILES string of the molecule is CNC1CCCCCC1CN(C)Cc1ccccc1Cl. The van der Waals surface area contributed by atoms with Crippen LogP contribution in [0.3, 0.4) is 0 Å². The molecule has 2 rings (SSSR count). The third-order valence-electron chi connectivity index (χ3n) is 4.47. The Morgan fingerprint density at radius 3 is 2.70 bits per heavy atom. The number of nitrogens with one attached hydrogen (secondary N) is 1. The van der Waals surface area contributed by atoms with Gasteiger partial charge in [0.05, 0.1) is 0 Å². The second-order valence-corrected chi connectivity index (χ2v) is 6.49. The summed E-state index contributed by atoms with van der Waals surface area (Å²) in [5, 5.41) is 4.40. The van der Waals surface area contributed by atoms with Crippen LogP contribution in [-0.4, -0.2) is 31.6 Å². The van der Waals surface area contributed by atoms with Crippen LogP contribution >= 0.6 is 11.6 Å². The van der Waals surface area contributed by atoms with Crippen LogP contribution in [0.1, 0.15) is 37.7 Å². The molecular formula is C17H27ClN2. The van der Waals surface area contributed by atoms with Gasteiger partial charge in [-0.2, -0.15) is 0 Å². The first-order valence-corrected chi connectivity index (χ1v) is 8.17. The van der Waals surface area contributed by atoms with Crippen molar-refractivity contribution in [3.05, 3.63) is 34.9 Å². The molecule has 0 heterocycles. The molecule has 2 nitrogen and oxygen atoms in total. The van der Waals surface area contributed by atoms with Gasteiger partial charge in [-0.05, 0) is 44.5 Å². The standard InChI is InChI=1S/C17H27ClN2/c1-19-17-11-5-3-4-9-15(17)13-20(2)12-14-8-6-7-10-16(14)18/h6-8,10,15,17,19H,3-5,9,11-13H2,1-2H3. The number of nitrogens with zero attached hydrogens (tertiary/aromatic N) is 1. The van der Waals surface area contributed by atoms with Crippen molar-refractivity contribution >= 4 is 11.6 Å². The maximum atomic E-state index is 6.25. The Morgan fingerprint density at radius 2 is 1.95 bits per heavy atom. The summed E-state index contributed by atoms with van der Waals surface area (Å²) in [6.45, 7) is 2.09. The van der Waals surface area contributed by atoms with Gasteiger partial charge in [0.25, 0.3) is 0 Å². The topological polar surface area (TPSA) is 15.3 Å². The summed E-state index contributed by atoms with van der Waals surface area (Å²) in [6.07, 6.45) is 6.81. The van der Waals surface area contributed by atoms with Crippen LogP contribution in [0.2, 0.25) is 5.02 Å². The molecule has 0 radical (unpaired) electrons. The van der Waals surface area contributed by atoms with Crippen LogP contribution < -0.4 is 5.32 Å². The van der Waals surface area contributed by atoms with E-state index in [1.807, 2.05) is 12.1 Å². The van der Waals surface area contributed by atoms with Gasteiger partial charge in [-0.1, -0.05) is 49.1 Å². The molecule has 0 amide bonds. The fourth-order valence-corrected chi connectivity index (χ4v) is 3.56. The summed E-state index contributed by atoms with van der Waals surface area (Å²) in [4.78, 5) is 2.42. The fourth-order valence-electron chi connectivity index (χ4n) is 3.37. The summed E-state index contributed by atoms with van der Waals surface area (Å²) >= 11 is 6.25. The highest BCUT2D eigenvalue weighted by Crippen LogP contribution is 2.25. The van der Waals surface area contributed by atoms with Gasteiger partial charge in [0, 0.05) is 24.2 Å². The van der Waals surface area contributed by atoms with Crippen molar-refractivity contribution in [1.82, 2.24) is 10.2 Å². The predicted molar refractivity (Wildman–Crippen MR) is 87.2 cm³/mol. The third kappa shape index (κ3) is 4.47. The summed E-state index contributed by atoms with van der Waals surface area (Å²) in [6, 6.07) is 8.84. The average molecular weight is 295 g/mol. The molecule has 2 unspecified atom stereocenters. The van der Waals surface area contributed by atoms with Gasteiger partial charge in [0.15, 0.2) is 0 Å². The highest BCUT2D eigenvalue weighted by atomic mass is 35.5. The van der Waals surface area contributed by atoms with Crippen LogP contribution in [0.5, 0.6) is 0 Å². The van der Waals surface area contributed by atoms with Crippen LogP contribution in [0.25, 0.3) is 0 Å². The largest absolute Gasteiger partial charge is 0.317 e. The van der Waals surface area contributed by atoms with Crippen LogP contribution in [-0.2, 0) is 6.54 Å². The zero-order valence-corrected chi connectivity index (χ0v) is 13.5. The lowest BCUT2D eigenvalue weighted by molar-refractivity contribution is 0.223. The first-order chi connectivity index (χ1) is 9.70. The van der Waals surface area contributed by atoms with Gasteiger partial charge in [-0.3, -0.25) is 0 Å². The summed E-state index contributed by atoms with van der Waals surface area (Å²) in [7, 11) is 4.32. The van der Waals surface area contributed by atoms with Crippen molar-refractivity contribution in [1.29, 1.82) is 0 Å². The van der Waals surface area contributed by atoms with Crippen molar-refractivity contribution in [2.24, 2.45) is 5.92 Å². The molecule has 1 N–H and O–H groups in total. The molecule has 0 saturated heterocycles. The number of hydrogen-bond acceptors (Lipinski definition) is 2. The van der Waals surface area contributed by atoms with Gasteiger partial charge in [0.2, 0.25) is 0 Å². The monoisotopic (exact) mass is 294 g/mol. The van der Waals surface area contributed by atoms with E-state index in [-0.39, 0.29) is 0 Å². The van der Waals surface area contributed by atoms with Crippen molar-refractivity contribution < 1.29 is 0 Å². The lowest BCUT2D eigenvalue weighted by Gasteiger charge is -2.29. The zero-order valence-electron chi connectivity index (χ0n) is 12.7. The lowest BCUT2D eigenvalue weighted by atomic mass is 9.94. The smallest absolute Gasteiger partial charge is 0.0451 e. The van der Waals surface area contributed by atoms with Gasteiger partial charge in [-0.25, -0.2) is 0 Å². The summed E-state index contributed by atoms with van der Waals surface area (Å²) in [5.41, 5.74) is 1.23. The molecule has 0 spiro atoms. The Labute approximate surface area is 128 Å². The van der Waals surface area contributed by atoms with Crippen LogP contribution in [0, 0.1) is 5.92 Å². The quantitative estimate of drug-likeness (QED) is 0.828. The van der Waals surface area contributed by atoms with Crippen LogP contribution in [0.15, 0.2) is 24.3 Å². The molecule has 20 heavy (non-hydrogen) atoms. The molecule has 0 aromatic heterocycles. The Balaban J connectivity index is 1.92. The number of benzene rings is 1. The molecule has 1 aliphatic rings. The maximum Gasteiger partial charge on any atom is 0.0451 e. The van der Waals surface area contributed by atoms with Crippen molar-refractivity contribution in [2.45, 2.75) is 44.7 Å². The molecule has 0 bridgehead atoms. The molecule has 1 fully saturated rings.